The van der Waals surface area contributed by atoms with Crippen LogP contribution in [0.1, 0.15) is 5.56 Å². The first-order valence-corrected chi connectivity index (χ1v) is 6.86. The highest BCUT2D eigenvalue weighted by atomic mass is 32.1. The zero-order valence-corrected chi connectivity index (χ0v) is 11.4. The molecule has 0 atom stereocenters. The summed E-state index contributed by atoms with van der Waals surface area (Å²) in [5.41, 5.74) is 1.19. The molecule has 0 radical (unpaired) electrons. The van der Waals surface area contributed by atoms with Gasteiger partial charge in [0.2, 0.25) is 0 Å². The summed E-state index contributed by atoms with van der Waals surface area (Å²) in [5.74, 6) is -0.352. The second-order valence-corrected chi connectivity index (χ2v) is 5.34. The van der Waals surface area contributed by atoms with Crippen molar-refractivity contribution >= 4 is 37.8 Å². The van der Waals surface area contributed by atoms with Gasteiger partial charge in [0.25, 0.3) is 0 Å². The molecule has 0 unspecified atom stereocenters. The first kappa shape index (κ1) is 13.2. The number of nitroso groups, excluding NO2 is 1. The number of hydrogen-bond acceptors (Lipinski definition) is 5. The number of halogens is 1. The molecule has 3 aromatic rings. The zero-order valence-electron chi connectivity index (χ0n) is 10.6. The van der Waals surface area contributed by atoms with Crippen LogP contribution in [0.25, 0.3) is 10.1 Å². The number of nitriles is 1. The number of anilines is 2. The van der Waals surface area contributed by atoms with Crippen molar-refractivity contribution in [1.29, 1.82) is 5.26 Å². The fraction of sp³-hybridized carbons (Fsp3) is 0. The first-order chi connectivity index (χ1) is 10.2. The van der Waals surface area contributed by atoms with Crippen molar-refractivity contribution in [1.82, 2.24) is 0 Å². The van der Waals surface area contributed by atoms with Crippen molar-refractivity contribution in [3.05, 3.63) is 58.8 Å². The average molecular weight is 297 g/mol. The summed E-state index contributed by atoms with van der Waals surface area (Å²) in [6, 6.07) is 13.1. The number of fused-ring (bicyclic) bond motifs is 1. The highest BCUT2D eigenvalue weighted by Gasteiger charge is 2.14. The van der Waals surface area contributed by atoms with Gasteiger partial charge in [-0.25, -0.2) is 4.39 Å². The van der Waals surface area contributed by atoms with E-state index in [-0.39, 0.29) is 11.5 Å². The quantitative estimate of drug-likeness (QED) is 0.688. The molecule has 0 aliphatic heterocycles. The standard InChI is InChI=1S/C15H8FN3OS/c16-9-5-6-10-11(8-17)15(21-14(10)7-9)18-12-3-1-2-4-13(12)19-20/h1-7,18H. The number of para-hydroxylation sites is 1. The summed E-state index contributed by atoms with van der Waals surface area (Å²) in [7, 11) is 0. The van der Waals surface area contributed by atoms with Crippen molar-refractivity contribution in [3.63, 3.8) is 0 Å². The number of hydrogen-bond donors (Lipinski definition) is 1. The highest BCUT2D eigenvalue weighted by molar-refractivity contribution is 7.23. The molecule has 1 N–H and O–H groups in total. The van der Waals surface area contributed by atoms with Crippen LogP contribution in [0.15, 0.2) is 47.6 Å². The number of thiophene rings is 1. The second kappa shape index (κ2) is 5.31. The molecule has 21 heavy (non-hydrogen) atoms. The SMILES string of the molecule is N#Cc1c(Nc2ccccc2N=O)sc2cc(F)ccc12. The predicted molar refractivity (Wildman–Crippen MR) is 81.7 cm³/mol. The van der Waals surface area contributed by atoms with E-state index in [2.05, 4.69) is 16.6 Å². The van der Waals surface area contributed by atoms with Crippen molar-refractivity contribution in [2.24, 2.45) is 5.18 Å². The van der Waals surface area contributed by atoms with Crippen molar-refractivity contribution in [3.8, 4) is 6.07 Å². The summed E-state index contributed by atoms with van der Waals surface area (Å²) < 4.78 is 13.9. The predicted octanol–water partition coefficient (Wildman–Crippen LogP) is 5.05. The molecule has 0 fully saturated rings. The monoisotopic (exact) mass is 297 g/mol. The van der Waals surface area contributed by atoms with Crippen LogP contribution in [0.2, 0.25) is 0 Å². The Balaban J connectivity index is 2.12. The molecule has 0 aliphatic rings. The van der Waals surface area contributed by atoms with E-state index < -0.39 is 0 Å². The Bertz CT molecular complexity index is 882. The third kappa shape index (κ3) is 2.35. The molecule has 1 aromatic heterocycles. The lowest BCUT2D eigenvalue weighted by Crippen LogP contribution is -1.89. The van der Waals surface area contributed by atoms with Gasteiger partial charge < -0.3 is 5.32 Å². The summed E-state index contributed by atoms with van der Waals surface area (Å²) in [4.78, 5) is 10.8. The van der Waals surface area contributed by atoms with E-state index in [4.69, 9.17) is 0 Å². The van der Waals surface area contributed by atoms with Crippen molar-refractivity contribution in [2.45, 2.75) is 0 Å². The molecule has 1 heterocycles. The van der Waals surface area contributed by atoms with E-state index in [1.807, 2.05) is 0 Å². The van der Waals surface area contributed by atoms with E-state index in [9.17, 15) is 14.6 Å². The molecule has 0 aliphatic carbocycles. The van der Waals surface area contributed by atoms with E-state index in [0.29, 0.717) is 26.3 Å². The lowest BCUT2D eigenvalue weighted by atomic mass is 10.2. The number of nitrogens with one attached hydrogen (secondary N) is 1. The molecular formula is C15H8FN3OS. The molecule has 2 aromatic carbocycles. The van der Waals surface area contributed by atoms with Crippen LogP contribution in [-0.2, 0) is 0 Å². The van der Waals surface area contributed by atoms with E-state index in [1.165, 1.54) is 23.5 Å². The minimum atomic E-state index is -0.352. The third-order valence-electron chi connectivity index (χ3n) is 3.01. The lowest BCUT2D eigenvalue weighted by molar-refractivity contribution is 0.630. The first-order valence-electron chi connectivity index (χ1n) is 6.04. The van der Waals surface area contributed by atoms with Crippen LogP contribution < -0.4 is 5.32 Å². The molecule has 3 rings (SSSR count). The van der Waals surface area contributed by atoms with Gasteiger partial charge in [0.1, 0.15) is 22.6 Å². The van der Waals surface area contributed by atoms with E-state index in [1.54, 1.807) is 30.3 Å². The Morgan fingerprint density at radius 2 is 2.05 bits per heavy atom. The molecule has 102 valence electrons. The van der Waals surface area contributed by atoms with Gasteiger partial charge in [-0.2, -0.15) is 5.26 Å². The van der Waals surface area contributed by atoms with Crippen LogP contribution in [0, 0.1) is 22.1 Å². The zero-order chi connectivity index (χ0) is 14.8. The lowest BCUT2D eigenvalue weighted by Gasteiger charge is -2.05. The van der Waals surface area contributed by atoms with Crippen LogP contribution in [0.3, 0.4) is 0 Å². The van der Waals surface area contributed by atoms with E-state index in [0.717, 1.165) is 0 Å². The highest BCUT2D eigenvalue weighted by Crippen LogP contribution is 2.39. The fourth-order valence-electron chi connectivity index (χ4n) is 2.05. The van der Waals surface area contributed by atoms with Crippen LogP contribution in [-0.4, -0.2) is 0 Å². The molecule has 0 saturated carbocycles. The maximum Gasteiger partial charge on any atom is 0.131 e. The van der Waals surface area contributed by atoms with E-state index >= 15 is 0 Å². The second-order valence-electron chi connectivity index (χ2n) is 4.29. The Morgan fingerprint density at radius 3 is 2.81 bits per heavy atom. The Hall–Kier alpha value is -2.78. The van der Waals surface area contributed by atoms with Gasteiger partial charge in [0.15, 0.2) is 0 Å². The average Bonchev–Trinajstić information content (AvgIpc) is 2.83. The molecule has 6 heteroatoms. The normalized spacial score (nSPS) is 10.3. The van der Waals surface area contributed by atoms with Crippen LogP contribution >= 0.6 is 11.3 Å². The van der Waals surface area contributed by atoms with Crippen LogP contribution in [0.4, 0.5) is 20.8 Å². The third-order valence-corrected chi connectivity index (χ3v) is 4.08. The minimum absolute atomic E-state index is 0.255. The minimum Gasteiger partial charge on any atom is -0.344 e. The number of nitrogens with zero attached hydrogens (tertiary/aromatic N) is 2. The summed E-state index contributed by atoms with van der Waals surface area (Å²) >= 11 is 1.26. The molecular weight excluding hydrogens is 289 g/mol. The van der Waals surface area contributed by atoms with Gasteiger partial charge in [-0.15, -0.1) is 16.2 Å². The van der Waals surface area contributed by atoms with Gasteiger partial charge in [-0.3, -0.25) is 0 Å². The molecule has 0 spiro atoms. The Labute approximate surface area is 123 Å². The summed E-state index contributed by atoms with van der Waals surface area (Å²) in [6.07, 6.45) is 0. The van der Waals surface area contributed by atoms with Crippen molar-refractivity contribution in [2.75, 3.05) is 5.32 Å². The smallest absolute Gasteiger partial charge is 0.131 e. The van der Waals surface area contributed by atoms with Gasteiger partial charge >= 0.3 is 0 Å². The molecule has 4 nitrogen and oxygen atoms in total. The van der Waals surface area contributed by atoms with Gasteiger partial charge in [-0.1, -0.05) is 12.1 Å². The molecule has 0 amide bonds. The Kier molecular flexibility index (Phi) is 3.34. The summed E-state index contributed by atoms with van der Waals surface area (Å²) in [6.45, 7) is 0. The largest absolute Gasteiger partial charge is 0.344 e. The van der Waals surface area contributed by atoms with Gasteiger partial charge in [0, 0.05) is 10.1 Å². The maximum atomic E-state index is 13.3. The topological polar surface area (TPSA) is 65.2 Å². The summed E-state index contributed by atoms with van der Waals surface area (Å²) in [5, 5.41) is 16.5. The number of rotatable bonds is 3. The van der Waals surface area contributed by atoms with Crippen molar-refractivity contribution < 1.29 is 4.39 Å². The van der Waals surface area contributed by atoms with Gasteiger partial charge in [0.05, 0.1) is 11.3 Å². The molecule has 0 bridgehead atoms. The Morgan fingerprint density at radius 1 is 1.24 bits per heavy atom. The maximum absolute atomic E-state index is 13.3. The fourth-order valence-corrected chi connectivity index (χ4v) is 3.14. The van der Waals surface area contributed by atoms with Crippen LogP contribution in [0.5, 0.6) is 0 Å². The molecule has 0 saturated heterocycles. The number of benzene rings is 2. The van der Waals surface area contributed by atoms with Gasteiger partial charge in [-0.05, 0) is 35.5 Å².